The highest BCUT2D eigenvalue weighted by atomic mass is 19.1. The number of benzene rings is 2. The smallest absolute Gasteiger partial charge is 0.227 e. The highest BCUT2D eigenvalue weighted by molar-refractivity contribution is 5.81. The van der Waals surface area contributed by atoms with Gasteiger partial charge >= 0.3 is 0 Å². The van der Waals surface area contributed by atoms with Crippen LogP contribution in [0.5, 0.6) is 0 Å². The number of rotatable bonds is 6. The van der Waals surface area contributed by atoms with Gasteiger partial charge in [-0.3, -0.25) is 9.78 Å². The van der Waals surface area contributed by atoms with Crippen LogP contribution in [-0.2, 0) is 11.3 Å². The molecule has 0 saturated carbocycles. The van der Waals surface area contributed by atoms with Crippen LogP contribution in [0.4, 0.5) is 4.39 Å². The van der Waals surface area contributed by atoms with E-state index in [1.54, 1.807) is 18.3 Å². The molecule has 3 heterocycles. The van der Waals surface area contributed by atoms with Crippen molar-refractivity contribution in [1.82, 2.24) is 15.2 Å². The van der Waals surface area contributed by atoms with Gasteiger partial charge in [-0.05, 0) is 67.9 Å². The second-order valence-corrected chi connectivity index (χ2v) is 8.45. The number of nitrogens with one attached hydrogen (secondary N) is 1. The van der Waals surface area contributed by atoms with Crippen LogP contribution in [0.1, 0.15) is 35.9 Å². The van der Waals surface area contributed by atoms with Gasteiger partial charge in [0.2, 0.25) is 5.91 Å². The van der Waals surface area contributed by atoms with Crippen LogP contribution in [-0.4, -0.2) is 28.9 Å². The van der Waals surface area contributed by atoms with Crippen LogP contribution in [0.15, 0.2) is 83.4 Å². The van der Waals surface area contributed by atoms with Crippen molar-refractivity contribution >= 4 is 16.9 Å². The summed E-state index contributed by atoms with van der Waals surface area (Å²) in [5, 5.41) is 4.33. The largest absolute Gasteiger partial charge is 0.459 e. The third-order valence-corrected chi connectivity index (χ3v) is 6.24. The molecule has 0 radical (unpaired) electrons. The van der Waals surface area contributed by atoms with Crippen molar-refractivity contribution in [3.05, 3.63) is 102 Å². The topological polar surface area (TPSA) is 58.4 Å². The maximum Gasteiger partial charge on any atom is 0.227 e. The van der Waals surface area contributed by atoms with Gasteiger partial charge in [-0.25, -0.2) is 4.39 Å². The predicted octanol–water partition coefficient (Wildman–Crippen LogP) is 5.08. The molecule has 1 aliphatic heterocycles. The lowest BCUT2D eigenvalue weighted by atomic mass is 9.93. The molecule has 5 nitrogen and oxygen atoms in total. The lowest BCUT2D eigenvalue weighted by molar-refractivity contribution is -0.139. The average Bonchev–Trinajstić information content (AvgIpc) is 3.28. The Labute approximate surface area is 192 Å². The number of nitrogens with zero attached hydrogens (tertiary/aromatic N) is 2. The lowest BCUT2D eigenvalue weighted by Gasteiger charge is -2.35. The number of amides is 1. The van der Waals surface area contributed by atoms with Gasteiger partial charge in [-0.2, -0.15) is 0 Å². The number of piperidine rings is 1. The molecule has 0 bridgehead atoms. The summed E-state index contributed by atoms with van der Waals surface area (Å²) >= 11 is 0. The zero-order chi connectivity index (χ0) is 22.6. The molecule has 5 rings (SSSR count). The Bertz CT molecular complexity index is 1180. The number of carbonyl (C=O) groups is 1. The van der Waals surface area contributed by atoms with Crippen LogP contribution < -0.4 is 5.32 Å². The summed E-state index contributed by atoms with van der Waals surface area (Å²) < 4.78 is 19.8. The van der Waals surface area contributed by atoms with Crippen LogP contribution >= 0.6 is 0 Å². The number of carbonyl (C=O) groups excluding carboxylic acids is 1. The lowest BCUT2D eigenvalue weighted by Crippen LogP contribution is -2.43. The van der Waals surface area contributed by atoms with Crippen LogP contribution in [0.3, 0.4) is 0 Å². The number of aromatic nitrogens is 1. The third kappa shape index (κ3) is 4.66. The minimum absolute atomic E-state index is 0.0666. The van der Waals surface area contributed by atoms with Crippen molar-refractivity contribution in [1.29, 1.82) is 0 Å². The zero-order valence-electron chi connectivity index (χ0n) is 18.3. The van der Waals surface area contributed by atoms with Crippen LogP contribution in [0.2, 0.25) is 0 Å². The molecule has 2 aromatic heterocycles. The SMILES string of the molecule is O=C(C1CCNCC1)N(Cc1cc2ccccc2o1)[C@@H](c1ccc(F)cc1)c1ccccn1. The first-order valence-electron chi connectivity index (χ1n) is 11.3. The van der Waals surface area contributed by atoms with E-state index in [1.807, 2.05) is 53.4 Å². The van der Waals surface area contributed by atoms with Gasteiger partial charge in [-0.15, -0.1) is 0 Å². The van der Waals surface area contributed by atoms with E-state index in [4.69, 9.17) is 4.42 Å². The van der Waals surface area contributed by atoms with Gasteiger partial charge in [0.05, 0.1) is 18.3 Å². The number of furan rings is 1. The monoisotopic (exact) mass is 443 g/mol. The Hall–Kier alpha value is -3.51. The van der Waals surface area contributed by atoms with Gasteiger partial charge in [0.25, 0.3) is 0 Å². The van der Waals surface area contributed by atoms with Gasteiger partial charge in [0, 0.05) is 17.5 Å². The Morgan fingerprint density at radius 2 is 1.82 bits per heavy atom. The second kappa shape index (κ2) is 9.55. The molecule has 1 fully saturated rings. The third-order valence-electron chi connectivity index (χ3n) is 6.24. The number of pyridine rings is 1. The fraction of sp³-hybridized carbons (Fsp3) is 0.259. The molecule has 1 aliphatic rings. The molecule has 33 heavy (non-hydrogen) atoms. The summed E-state index contributed by atoms with van der Waals surface area (Å²) in [6, 6.07) is 21.3. The molecule has 0 unspecified atom stereocenters. The molecule has 1 atom stereocenters. The number of halogens is 1. The van der Waals surface area contributed by atoms with Crippen molar-refractivity contribution in [2.24, 2.45) is 5.92 Å². The zero-order valence-corrected chi connectivity index (χ0v) is 18.3. The molecule has 1 amide bonds. The molecule has 4 aromatic rings. The first kappa shape index (κ1) is 21.3. The molecule has 1 saturated heterocycles. The Kier molecular flexibility index (Phi) is 6.17. The maximum absolute atomic E-state index is 13.9. The number of hydrogen-bond donors (Lipinski definition) is 1. The van der Waals surface area contributed by atoms with Crippen molar-refractivity contribution in [2.75, 3.05) is 13.1 Å². The molecule has 6 heteroatoms. The van der Waals surface area contributed by atoms with Crippen molar-refractivity contribution in [2.45, 2.75) is 25.4 Å². The minimum atomic E-state index is -0.456. The number of fused-ring (bicyclic) bond motifs is 1. The van der Waals surface area contributed by atoms with Crippen molar-refractivity contribution in [3.8, 4) is 0 Å². The van der Waals surface area contributed by atoms with E-state index in [0.29, 0.717) is 12.3 Å². The Morgan fingerprint density at radius 1 is 1.06 bits per heavy atom. The summed E-state index contributed by atoms with van der Waals surface area (Å²) in [5.74, 6) is 0.382. The van der Waals surface area contributed by atoms with Gasteiger partial charge in [-0.1, -0.05) is 36.4 Å². The quantitative estimate of drug-likeness (QED) is 0.451. The molecule has 0 aliphatic carbocycles. The Morgan fingerprint density at radius 3 is 2.55 bits per heavy atom. The highest BCUT2D eigenvalue weighted by Gasteiger charge is 2.33. The first-order chi connectivity index (χ1) is 16.2. The van der Waals surface area contributed by atoms with E-state index in [2.05, 4.69) is 10.3 Å². The summed E-state index contributed by atoms with van der Waals surface area (Å²) in [4.78, 5) is 20.4. The molecular formula is C27H26FN3O2. The number of para-hydroxylation sites is 1. The maximum atomic E-state index is 13.9. The summed E-state index contributed by atoms with van der Waals surface area (Å²) in [6.45, 7) is 1.94. The van der Waals surface area contributed by atoms with Crippen molar-refractivity contribution < 1.29 is 13.6 Å². The fourth-order valence-electron chi connectivity index (χ4n) is 4.58. The summed E-state index contributed by atoms with van der Waals surface area (Å²) in [7, 11) is 0. The van der Waals surface area contributed by atoms with Crippen LogP contribution in [0.25, 0.3) is 11.0 Å². The fourth-order valence-corrected chi connectivity index (χ4v) is 4.58. The summed E-state index contributed by atoms with van der Waals surface area (Å²) in [6.07, 6.45) is 3.29. The normalized spacial score (nSPS) is 15.4. The molecule has 168 valence electrons. The van der Waals surface area contributed by atoms with E-state index in [9.17, 15) is 9.18 Å². The first-order valence-corrected chi connectivity index (χ1v) is 11.3. The Balaban J connectivity index is 1.58. The second-order valence-electron chi connectivity index (χ2n) is 8.45. The molecular weight excluding hydrogens is 417 g/mol. The average molecular weight is 444 g/mol. The summed E-state index contributed by atoms with van der Waals surface area (Å²) in [5.41, 5.74) is 2.34. The van der Waals surface area contributed by atoms with E-state index in [-0.39, 0.29) is 17.6 Å². The van der Waals surface area contributed by atoms with Gasteiger partial charge < -0.3 is 14.6 Å². The van der Waals surface area contributed by atoms with E-state index < -0.39 is 6.04 Å². The molecule has 0 spiro atoms. The molecule has 2 aromatic carbocycles. The van der Waals surface area contributed by atoms with Crippen molar-refractivity contribution in [3.63, 3.8) is 0 Å². The highest BCUT2D eigenvalue weighted by Crippen LogP contribution is 2.33. The number of hydrogen-bond acceptors (Lipinski definition) is 4. The van der Waals surface area contributed by atoms with Crippen LogP contribution in [0, 0.1) is 11.7 Å². The minimum Gasteiger partial charge on any atom is -0.459 e. The van der Waals surface area contributed by atoms with E-state index >= 15 is 0 Å². The predicted molar refractivity (Wildman–Crippen MR) is 125 cm³/mol. The molecule has 1 N–H and O–H groups in total. The van der Waals surface area contributed by atoms with Gasteiger partial charge in [0.1, 0.15) is 17.2 Å². The van der Waals surface area contributed by atoms with Gasteiger partial charge in [0.15, 0.2) is 0 Å². The van der Waals surface area contributed by atoms with E-state index in [0.717, 1.165) is 48.2 Å². The van der Waals surface area contributed by atoms with E-state index in [1.165, 1.54) is 12.1 Å². The standard InChI is InChI=1S/C27H26FN3O2/c28-22-10-8-19(9-11-22)26(24-6-3-4-14-30-24)31(27(32)20-12-15-29-16-13-20)18-23-17-21-5-1-2-7-25(21)33-23/h1-11,14,17,20,26,29H,12-13,15-16,18H2/t26-/m0/s1.